The maximum absolute atomic E-state index is 6.74. The van der Waals surface area contributed by atoms with Crippen LogP contribution < -0.4 is 0 Å². The topological polar surface area (TPSA) is 58.7 Å². The summed E-state index contributed by atoms with van der Waals surface area (Å²) < 4.78 is 38.8. The van der Waals surface area contributed by atoms with E-state index in [1.165, 1.54) is 11.1 Å². The van der Waals surface area contributed by atoms with Gasteiger partial charge in [-0.25, -0.2) is 0 Å². The highest BCUT2D eigenvalue weighted by atomic mass is 16.7. The lowest BCUT2D eigenvalue weighted by atomic mass is 9.50. The lowest BCUT2D eigenvalue weighted by Crippen LogP contribution is -2.62. The van der Waals surface area contributed by atoms with Crippen LogP contribution in [-0.2, 0) is 41.6 Å². The van der Waals surface area contributed by atoms with Crippen LogP contribution in [0.25, 0.3) is 0 Å². The molecule has 0 amide bonds. The highest BCUT2D eigenvalue weighted by Gasteiger charge is 2.86. The molecule has 0 aromatic heterocycles. The molecule has 6 heteroatoms. The number of hydrogen-bond acceptors (Lipinski definition) is 6. The Morgan fingerprint density at radius 3 is 2.00 bits per heavy atom. The van der Waals surface area contributed by atoms with Crippen LogP contribution in [-0.4, -0.2) is 62.0 Å². The minimum Gasteiger partial charge on any atom is -0.384 e. The molecule has 1 aliphatic carbocycles. The lowest BCUT2D eigenvalue weighted by Gasteiger charge is -2.51. The van der Waals surface area contributed by atoms with Crippen LogP contribution in [0.5, 0.6) is 0 Å². The van der Waals surface area contributed by atoms with E-state index in [0.717, 1.165) is 19.3 Å². The summed E-state index contributed by atoms with van der Waals surface area (Å²) in [5.41, 5.74) is 2.12. The number of benzene rings is 2. The van der Waals surface area contributed by atoms with Crippen LogP contribution in [0.15, 0.2) is 60.7 Å². The minimum absolute atomic E-state index is 0.0195. The predicted molar refractivity (Wildman–Crippen MR) is 130 cm³/mol. The predicted octanol–water partition coefficient (Wildman–Crippen LogP) is 3.91. The second kappa shape index (κ2) is 8.10. The molecule has 0 radical (unpaired) electrons. The lowest BCUT2D eigenvalue weighted by molar-refractivity contribution is -0.112. The quantitative estimate of drug-likeness (QED) is 0.523. The Hall–Kier alpha value is -1.80. The third kappa shape index (κ3) is 3.00. The summed E-state index contributed by atoms with van der Waals surface area (Å²) in [6.45, 7) is 1.92. The van der Waals surface area contributed by atoms with Crippen molar-refractivity contribution in [1.29, 1.82) is 0 Å². The first-order valence-corrected chi connectivity index (χ1v) is 13.5. The van der Waals surface area contributed by atoms with Gasteiger partial charge in [-0.3, -0.25) is 0 Å². The third-order valence-electron chi connectivity index (χ3n) is 10.0. The van der Waals surface area contributed by atoms with Crippen molar-refractivity contribution in [3.8, 4) is 0 Å². The van der Waals surface area contributed by atoms with E-state index in [9.17, 15) is 0 Å². The molecule has 1 spiro atoms. The van der Waals surface area contributed by atoms with Crippen molar-refractivity contribution in [3.63, 3.8) is 0 Å². The normalized spacial score (nSPS) is 47.0. The molecule has 5 heterocycles. The van der Waals surface area contributed by atoms with Gasteiger partial charge < -0.3 is 28.4 Å². The van der Waals surface area contributed by atoms with E-state index in [2.05, 4.69) is 48.5 Å². The number of ether oxygens (including phenoxy) is 6. The molecule has 5 aliphatic heterocycles. The number of methoxy groups -OCH3 is 1. The van der Waals surface area contributed by atoms with Crippen molar-refractivity contribution in [2.24, 2.45) is 17.3 Å². The monoisotopic (exact) mass is 490 g/mol. The summed E-state index contributed by atoms with van der Waals surface area (Å²) in [4.78, 5) is 0. The number of hydrogen-bond donors (Lipinski definition) is 0. The van der Waals surface area contributed by atoms with Crippen LogP contribution >= 0.6 is 0 Å². The van der Waals surface area contributed by atoms with Gasteiger partial charge in [-0.1, -0.05) is 60.7 Å². The van der Waals surface area contributed by atoms with E-state index >= 15 is 0 Å². The second-order valence-corrected chi connectivity index (χ2v) is 11.7. The molecule has 6 nitrogen and oxygen atoms in total. The molecule has 8 rings (SSSR count). The summed E-state index contributed by atoms with van der Waals surface area (Å²) in [6, 6.07) is 20.8. The van der Waals surface area contributed by atoms with E-state index < -0.39 is 0 Å². The molecule has 2 unspecified atom stereocenters. The Morgan fingerprint density at radius 2 is 1.36 bits per heavy atom. The zero-order valence-electron chi connectivity index (χ0n) is 20.7. The Kier molecular flexibility index (Phi) is 5.00. The van der Waals surface area contributed by atoms with Gasteiger partial charge in [0.15, 0.2) is 0 Å². The number of rotatable bonds is 8. The molecule has 0 N–H and O–H groups in total. The highest BCUT2D eigenvalue weighted by Crippen LogP contribution is 2.74. The van der Waals surface area contributed by atoms with Crippen molar-refractivity contribution < 1.29 is 28.4 Å². The molecule has 36 heavy (non-hydrogen) atoms. The average molecular weight is 491 g/mol. The van der Waals surface area contributed by atoms with Crippen molar-refractivity contribution in [1.82, 2.24) is 0 Å². The van der Waals surface area contributed by atoms with E-state index in [4.69, 9.17) is 28.4 Å². The first-order chi connectivity index (χ1) is 17.7. The van der Waals surface area contributed by atoms with Gasteiger partial charge in [-0.15, -0.1) is 0 Å². The van der Waals surface area contributed by atoms with Crippen LogP contribution in [0.2, 0.25) is 0 Å². The zero-order chi connectivity index (χ0) is 23.9. The Morgan fingerprint density at radius 1 is 0.778 bits per heavy atom. The smallest absolute Gasteiger partial charge is 0.129 e. The van der Waals surface area contributed by atoms with Crippen LogP contribution in [0.1, 0.15) is 30.4 Å². The Labute approximate surface area is 212 Å². The first-order valence-electron chi connectivity index (χ1n) is 13.5. The fourth-order valence-electron chi connectivity index (χ4n) is 8.80. The fourth-order valence-corrected chi connectivity index (χ4v) is 8.80. The summed E-state index contributed by atoms with van der Waals surface area (Å²) in [6.07, 6.45) is 3.59. The van der Waals surface area contributed by atoms with Gasteiger partial charge in [0.1, 0.15) is 11.7 Å². The SMILES string of the molecule is COC[C@@]12C[C@@H]3O[C@]34C(C1[C@H]1C[C@@H](OCc3ccccc3)[C@@H]2O1)[C@H]1C[C@@H](OCc2ccccc2)[C@@H]4O1. The second-order valence-electron chi connectivity index (χ2n) is 11.7. The zero-order valence-corrected chi connectivity index (χ0v) is 20.7. The van der Waals surface area contributed by atoms with E-state index in [-0.39, 0.29) is 53.7 Å². The Balaban J connectivity index is 1.02. The van der Waals surface area contributed by atoms with Gasteiger partial charge in [0.2, 0.25) is 0 Å². The average Bonchev–Trinajstić information content (AvgIpc) is 3.26. The van der Waals surface area contributed by atoms with Gasteiger partial charge in [0.25, 0.3) is 0 Å². The first kappa shape index (κ1) is 22.2. The maximum atomic E-state index is 6.74. The van der Waals surface area contributed by atoms with E-state index in [1.807, 2.05) is 19.2 Å². The summed E-state index contributed by atoms with van der Waals surface area (Å²) >= 11 is 0. The van der Waals surface area contributed by atoms with Crippen molar-refractivity contribution >= 4 is 0 Å². The number of fused-ring (bicyclic) bond motifs is 9. The molecule has 2 aromatic rings. The molecule has 6 fully saturated rings. The molecule has 6 aliphatic rings. The van der Waals surface area contributed by atoms with Crippen LogP contribution in [0.4, 0.5) is 0 Å². The third-order valence-corrected chi connectivity index (χ3v) is 10.0. The molecule has 5 saturated heterocycles. The minimum atomic E-state index is -0.208. The van der Waals surface area contributed by atoms with Crippen molar-refractivity contribution in [2.45, 2.75) is 80.8 Å². The van der Waals surface area contributed by atoms with Crippen molar-refractivity contribution in [3.05, 3.63) is 71.8 Å². The standard InChI is InChI=1S/C30H34O6/c1-31-17-29-14-24-30(36-24)26(21-13-23(28(30)35-21)33-16-19-10-6-3-7-11-19)25(29)20-12-22(27(29)34-20)32-15-18-8-4-2-5-9-18/h2-11,20-28H,12-17H2,1H3/t20-,21-,22-,23-,24+,25?,26?,27+,28+,29+,30+/m1/s1. The van der Waals surface area contributed by atoms with Gasteiger partial charge >= 0.3 is 0 Å². The van der Waals surface area contributed by atoms with Crippen LogP contribution in [0, 0.1) is 17.3 Å². The van der Waals surface area contributed by atoms with Crippen molar-refractivity contribution in [2.75, 3.05) is 13.7 Å². The molecule has 11 atom stereocenters. The summed E-state index contributed by atoms with van der Waals surface area (Å²) in [7, 11) is 1.82. The van der Waals surface area contributed by atoms with Gasteiger partial charge in [0.05, 0.1) is 56.4 Å². The van der Waals surface area contributed by atoms with Gasteiger partial charge in [-0.05, 0) is 17.5 Å². The Bertz CT molecular complexity index is 1110. The van der Waals surface area contributed by atoms with E-state index in [0.29, 0.717) is 31.7 Å². The largest absolute Gasteiger partial charge is 0.384 e. The summed E-state index contributed by atoms with van der Waals surface area (Å²) in [5, 5.41) is 0. The van der Waals surface area contributed by atoms with Crippen LogP contribution in [0.3, 0.4) is 0 Å². The molecular weight excluding hydrogens is 456 g/mol. The molecule has 190 valence electrons. The summed E-state index contributed by atoms with van der Waals surface area (Å²) in [5.74, 6) is 0.723. The van der Waals surface area contributed by atoms with E-state index in [1.54, 1.807) is 0 Å². The van der Waals surface area contributed by atoms with Gasteiger partial charge in [0, 0.05) is 37.2 Å². The van der Waals surface area contributed by atoms with Gasteiger partial charge in [-0.2, -0.15) is 0 Å². The fraction of sp³-hybridized carbons (Fsp3) is 0.600. The molecular formula is C30H34O6. The molecule has 1 saturated carbocycles. The number of epoxide rings is 1. The molecule has 4 bridgehead atoms. The highest BCUT2D eigenvalue weighted by molar-refractivity contribution is 5.33. The maximum Gasteiger partial charge on any atom is 0.129 e. The molecule has 2 aromatic carbocycles.